The van der Waals surface area contributed by atoms with Gasteiger partial charge in [-0.1, -0.05) is 23.7 Å². The van der Waals surface area contributed by atoms with E-state index in [0.29, 0.717) is 36.2 Å². The van der Waals surface area contributed by atoms with Crippen LogP contribution in [0.2, 0.25) is 5.02 Å². The largest absolute Gasteiger partial charge is 0.457 e. The van der Waals surface area contributed by atoms with Crippen molar-refractivity contribution >= 4 is 11.6 Å². The van der Waals surface area contributed by atoms with Gasteiger partial charge >= 0.3 is 0 Å². The molecule has 5 heteroatoms. The first kappa shape index (κ1) is 15.8. The second kappa shape index (κ2) is 7.98. The van der Waals surface area contributed by atoms with Crippen molar-refractivity contribution in [3.05, 3.63) is 58.9 Å². The Kier molecular flexibility index (Phi) is 5.99. The van der Waals surface area contributed by atoms with Gasteiger partial charge in [0, 0.05) is 36.9 Å². The van der Waals surface area contributed by atoms with Crippen LogP contribution in [0.15, 0.2) is 42.5 Å². The molecule has 0 fully saturated rings. The Hall–Kier alpha value is -1.62. The van der Waals surface area contributed by atoms with Crippen LogP contribution in [0.4, 0.5) is 4.39 Å². The molecule has 0 aromatic heterocycles. The second-order valence-electron chi connectivity index (χ2n) is 4.45. The summed E-state index contributed by atoms with van der Waals surface area (Å²) in [5.41, 5.74) is 0.833. The third kappa shape index (κ3) is 4.70. The Balaban J connectivity index is 2.13. The molecule has 0 atom stereocenters. The average Bonchev–Trinajstić information content (AvgIpc) is 2.46. The van der Waals surface area contributed by atoms with Crippen molar-refractivity contribution in [2.45, 2.75) is 6.54 Å². The zero-order valence-electron chi connectivity index (χ0n) is 11.7. The molecule has 0 aliphatic rings. The van der Waals surface area contributed by atoms with Crippen LogP contribution >= 0.6 is 11.6 Å². The van der Waals surface area contributed by atoms with E-state index in [1.165, 1.54) is 12.1 Å². The Morgan fingerprint density at radius 3 is 2.76 bits per heavy atom. The maximum atomic E-state index is 13.2. The highest BCUT2D eigenvalue weighted by molar-refractivity contribution is 6.31. The molecular weight excluding hydrogens is 293 g/mol. The van der Waals surface area contributed by atoms with E-state index >= 15 is 0 Å². The number of halogens is 2. The van der Waals surface area contributed by atoms with Crippen LogP contribution in [-0.4, -0.2) is 20.3 Å². The fourth-order valence-electron chi connectivity index (χ4n) is 1.85. The minimum Gasteiger partial charge on any atom is -0.457 e. The number of nitrogens with one attached hydrogen (secondary N) is 1. The van der Waals surface area contributed by atoms with E-state index in [1.807, 2.05) is 6.07 Å². The molecular formula is C16H17ClFNO2. The van der Waals surface area contributed by atoms with Crippen molar-refractivity contribution in [1.82, 2.24) is 5.32 Å². The molecule has 2 aromatic rings. The van der Waals surface area contributed by atoms with Gasteiger partial charge in [-0.15, -0.1) is 0 Å². The molecule has 21 heavy (non-hydrogen) atoms. The van der Waals surface area contributed by atoms with Crippen molar-refractivity contribution in [2.75, 3.05) is 20.3 Å². The fourth-order valence-corrected chi connectivity index (χ4v) is 2.08. The lowest BCUT2D eigenvalue weighted by Crippen LogP contribution is -2.19. The summed E-state index contributed by atoms with van der Waals surface area (Å²) in [5.74, 6) is 0.711. The van der Waals surface area contributed by atoms with Gasteiger partial charge in [-0.2, -0.15) is 0 Å². The summed E-state index contributed by atoms with van der Waals surface area (Å²) >= 11 is 6.21. The first-order valence-corrected chi connectivity index (χ1v) is 6.99. The van der Waals surface area contributed by atoms with E-state index in [-0.39, 0.29) is 5.82 Å². The molecule has 0 spiro atoms. The minimum atomic E-state index is -0.339. The van der Waals surface area contributed by atoms with Gasteiger partial charge in [0.15, 0.2) is 0 Å². The van der Waals surface area contributed by atoms with Gasteiger partial charge in [0.05, 0.1) is 6.61 Å². The highest BCUT2D eigenvalue weighted by Crippen LogP contribution is 2.30. The zero-order chi connectivity index (χ0) is 15.1. The molecule has 0 unspecified atom stereocenters. The van der Waals surface area contributed by atoms with Gasteiger partial charge in [-0.05, 0) is 24.3 Å². The van der Waals surface area contributed by atoms with Crippen LogP contribution in [-0.2, 0) is 11.3 Å². The smallest absolute Gasteiger partial charge is 0.133 e. The Morgan fingerprint density at radius 2 is 2.00 bits per heavy atom. The number of hydrogen-bond donors (Lipinski definition) is 1. The molecule has 0 saturated carbocycles. The van der Waals surface area contributed by atoms with E-state index in [4.69, 9.17) is 21.1 Å². The SMILES string of the molecule is COCCNCc1c(Cl)cccc1Oc1cccc(F)c1. The number of methoxy groups -OCH3 is 1. The fraction of sp³-hybridized carbons (Fsp3) is 0.250. The topological polar surface area (TPSA) is 30.5 Å². The van der Waals surface area contributed by atoms with Crippen LogP contribution in [0.25, 0.3) is 0 Å². The molecule has 0 radical (unpaired) electrons. The van der Waals surface area contributed by atoms with Crippen molar-refractivity contribution < 1.29 is 13.9 Å². The van der Waals surface area contributed by atoms with E-state index in [9.17, 15) is 4.39 Å². The van der Waals surface area contributed by atoms with Crippen molar-refractivity contribution in [2.24, 2.45) is 0 Å². The van der Waals surface area contributed by atoms with E-state index < -0.39 is 0 Å². The van der Waals surface area contributed by atoms with Gasteiger partial charge in [0.2, 0.25) is 0 Å². The number of rotatable bonds is 7. The molecule has 2 aromatic carbocycles. The maximum absolute atomic E-state index is 13.2. The molecule has 0 amide bonds. The predicted octanol–water partition coefficient (Wildman–Crippen LogP) is 4.01. The van der Waals surface area contributed by atoms with Gasteiger partial charge in [-0.3, -0.25) is 0 Å². The highest BCUT2D eigenvalue weighted by Gasteiger charge is 2.09. The maximum Gasteiger partial charge on any atom is 0.133 e. The first-order valence-electron chi connectivity index (χ1n) is 6.61. The quantitative estimate of drug-likeness (QED) is 0.784. The van der Waals surface area contributed by atoms with Crippen molar-refractivity contribution in [1.29, 1.82) is 0 Å². The average molecular weight is 310 g/mol. The monoisotopic (exact) mass is 309 g/mol. The number of benzene rings is 2. The summed E-state index contributed by atoms with van der Waals surface area (Å²) in [4.78, 5) is 0. The van der Waals surface area contributed by atoms with Crippen LogP contribution in [0.1, 0.15) is 5.56 Å². The Bertz CT molecular complexity index is 592. The molecule has 1 N–H and O–H groups in total. The first-order chi connectivity index (χ1) is 10.2. The van der Waals surface area contributed by atoms with Crippen LogP contribution in [0.5, 0.6) is 11.5 Å². The van der Waals surface area contributed by atoms with Gasteiger partial charge in [-0.25, -0.2) is 4.39 Å². The number of hydrogen-bond acceptors (Lipinski definition) is 3. The van der Waals surface area contributed by atoms with E-state index in [2.05, 4.69) is 5.32 Å². The third-order valence-electron chi connectivity index (χ3n) is 2.88. The van der Waals surface area contributed by atoms with E-state index in [1.54, 1.807) is 31.4 Å². The standard InChI is InChI=1S/C16H17ClFNO2/c1-20-9-8-19-11-14-15(17)6-3-7-16(14)21-13-5-2-4-12(18)10-13/h2-7,10,19H,8-9,11H2,1H3. The lowest BCUT2D eigenvalue weighted by molar-refractivity contribution is 0.199. The lowest BCUT2D eigenvalue weighted by Gasteiger charge is -2.13. The van der Waals surface area contributed by atoms with Gasteiger partial charge < -0.3 is 14.8 Å². The van der Waals surface area contributed by atoms with Crippen molar-refractivity contribution in [3.8, 4) is 11.5 Å². The molecule has 3 nitrogen and oxygen atoms in total. The van der Waals surface area contributed by atoms with Crippen LogP contribution in [0.3, 0.4) is 0 Å². The molecule has 0 aliphatic heterocycles. The lowest BCUT2D eigenvalue weighted by atomic mass is 10.2. The summed E-state index contributed by atoms with van der Waals surface area (Å²) in [5, 5.41) is 3.82. The second-order valence-corrected chi connectivity index (χ2v) is 4.85. The minimum absolute atomic E-state index is 0.339. The summed E-state index contributed by atoms with van der Waals surface area (Å²) < 4.78 is 23.9. The van der Waals surface area contributed by atoms with Gasteiger partial charge in [0.25, 0.3) is 0 Å². The predicted molar refractivity (Wildman–Crippen MR) is 81.5 cm³/mol. The summed E-state index contributed by atoms with van der Waals surface area (Å²) in [6, 6.07) is 11.4. The summed E-state index contributed by atoms with van der Waals surface area (Å²) in [6.07, 6.45) is 0. The number of ether oxygens (including phenoxy) is 2. The summed E-state index contributed by atoms with van der Waals surface area (Å²) in [6.45, 7) is 1.87. The molecule has 0 bridgehead atoms. The van der Waals surface area contributed by atoms with Crippen LogP contribution < -0.4 is 10.1 Å². The summed E-state index contributed by atoms with van der Waals surface area (Å²) in [7, 11) is 1.65. The van der Waals surface area contributed by atoms with E-state index in [0.717, 1.165) is 5.56 Å². The Labute approximate surface area is 128 Å². The molecule has 2 rings (SSSR count). The molecule has 0 saturated heterocycles. The van der Waals surface area contributed by atoms with Gasteiger partial charge in [0.1, 0.15) is 17.3 Å². The van der Waals surface area contributed by atoms with Crippen molar-refractivity contribution in [3.63, 3.8) is 0 Å². The molecule has 0 aliphatic carbocycles. The third-order valence-corrected chi connectivity index (χ3v) is 3.24. The zero-order valence-corrected chi connectivity index (χ0v) is 12.5. The molecule has 0 heterocycles. The highest BCUT2D eigenvalue weighted by atomic mass is 35.5. The molecule has 112 valence electrons. The normalized spacial score (nSPS) is 10.6. The Morgan fingerprint density at radius 1 is 1.19 bits per heavy atom. The van der Waals surface area contributed by atoms with Crippen LogP contribution in [0, 0.1) is 5.82 Å².